The van der Waals surface area contributed by atoms with Crippen molar-refractivity contribution in [3.05, 3.63) is 29.3 Å². The molecule has 2 N–H and O–H groups in total. The SMILES string of the molecule is CC1CCCC(=NNC(=O)CCC(=O)Nc2ccccc2Cl)C1. The summed E-state index contributed by atoms with van der Waals surface area (Å²) in [6, 6.07) is 6.99. The maximum absolute atomic E-state index is 11.8. The Balaban J connectivity index is 1.72. The van der Waals surface area contributed by atoms with Crippen molar-refractivity contribution in [3.63, 3.8) is 0 Å². The first-order valence-corrected chi connectivity index (χ1v) is 8.31. The van der Waals surface area contributed by atoms with Crippen LogP contribution < -0.4 is 10.7 Å². The van der Waals surface area contributed by atoms with E-state index in [1.54, 1.807) is 24.3 Å². The lowest BCUT2D eigenvalue weighted by atomic mass is 9.89. The van der Waals surface area contributed by atoms with Crippen LogP contribution in [-0.2, 0) is 9.59 Å². The number of anilines is 1. The lowest BCUT2D eigenvalue weighted by Crippen LogP contribution is -2.23. The summed E-state index contributed by atoms with van der Waals surface area (Å²) in [5.74, 6) is 0.137. The van der Waals surface area contributed by atoms with E-state index in [1.807, 2.05) is 0 Å². The van der Waals surface area contributed by atoms with Crippen molar-refractivity contribution in [3.8, 4) is 0 Å². The molecule has 1 aromatic rings. The summed E-state index contributed by atoms with van der Waals surface area (Å²) in [6.45, 7) is 2.19. The smallest absolute Gasteiger partial charge is 0.240 e. The molecule has 1 aliphatic rings. The summed E-state index contributed by atoms with van der Waals surface area (Å²) >= 11 is 5.97. The first kappa shape index (κ1) is 17.5. The van der Waals surface area contributed by atoms with Gasteiger partial charge in [-0.1, -0.05) is 30.7 Å². The van der Waals surface area contributed by atoms with Gasteiger partial charge in [0, 0.05) is 18.6 Å². The second-order valence-electron chi connectivity index (χ2n) is 5.94. The Hall–Kier alpha value is -1.88. The molecule has 0 saturated heterocycles. The molecule has 0 spiro atoms. The van der Waals surface area contributed by atoms with Crippen LogP contribution in [0.4, 0.5) is 5.69 Å². The molecular weight excluding hydrogens is 314 g/mol. The molecular formula is C17H22ClN3O2. The van der Waals surface area contributed by atoms with Crippen molar-refractivity contribution in [2.24, 2.45) is 11.0 Å². The Bertz CT molecular complexity index is 601. The van der Waals surface area contributed by atoms with Gasteiger partial charge in [-0.25, -0.2) is 5.43 Å². The molecule has 0 aliphatic heterocycles. The van der Waals surface area contributed by atoms with Crippen LogP contribution in [0.2, 0.25) is 5.02 Å². The first-order chi connectivity index (χ1) is 11.0. The van der Waals surface area contributed by atoms with Gasteiger partial charge < -0.3 is 5.32 Å². The number of nitrogens with one attached hydrogen (secondary N) is 2. The summed E-state index contributed by atoms with van der Waals surface area (Å²) in [6.07, 6.45) is 4.41. The molecule has 2 amide bonds. The minimum Gasteiger partial charge on any atom is -0.325 e. The fourth-order valence-corrected chi connectivity index (χ4v) is 2.75. The molecule has 0 bridgehead atoms. The van der Waals surface area contributed by atoms with Gasteiger partial charge in [0.1, 0.15) is 0 Å². The average molecular weight is 336 g/mol. The fourth-order valence-electron chi connectivity index (χ4n) is 2.56. The highest BCUT2D eigenvalue weighted by atomic mass is 35.5. The molecule has 0 aromatic heterocycles. The Labute approximate surface area is 141 Å². The molecule has 2 rings (SSSR count). The largest absolute Gasteiger partial charge is 0.325 e. The zero-order chi connectivity index (χ0) is 16.7. The van der Waals surface area contributed by atoms with Gasteiger partial charge in [-0.05, 0) is 43.7 Å². The van der Waals surface area contributed by atoms with Crippen molar-refractivity contribution in [2.45, 2.75) is 45.4 Å². The van der Waals surface area contributed by atoms with E-state index in [0.717, 1.165) is 25.0 Å². The summed E-state index contributed by atoms with van der Waals surface area (Å²) in [5, 5.41) is 7.34. The van der Waals surface area contributed by atoms with E-state index in [0.29, 0.717) is 16.6 Å². The Morgan fingerprint density at radius 2 is 2.00 bits per heavy atom. The number of rotatable bonds is 5. The summed E-state index contributed by atoms with van der Waals surface area (Å²) in [4.78, 5) is 23.6. The number of halogens is 1. The Morgan fingerprint density at radius 3 is 2.74 bits per heavy atom. The number of hydrogen-bond donors (Lipinski definition) is 2. The van der Waals surface area contributed by atoms with E-state index in [-0.39, 0.29) is 24.7 Å². The van der Waals surface area contributed by atoms with Gasteiger partial charge in [-0.2, -0.15) is 5.10 Å². The third kappa shape index (κ3) is 6.02. The van der Waals surface area contributed by atoms with Gasteiger partial charge >= 0.3 is 0 Å². The van der Waals surface area contributed by atoms with Gasteiger partial charge in [0.15, 0.2) is 0 Å². The predicted molar refractivity (Wildman–Crippen MR) is 92.5 cm³/mol. The van der Waals surface area contributed by atoms with Gasteiger partial charge in [-0.15, -0.1) is 0 Å². The molecule has 5 nitrogen and oxygen atoms in total. The van der Waals surface area contributed by atoms with E-state index in [4.69, 9.17) is 11.6 Å². The van der Waals surface area contributed by atoms with Crippen LogP contribution in [0.5, 0.6) is 0 Å². The molecule has 1 aliphatic carbocycles. The highest BCUT2D eigenvalue weighted by Gasteiger charge is 2.14. The van der Waals surface area contributed by atoms with E-state index in [9.17, 15) is 9.59 Å². The maximum atomic E-state index is 11.8. The summed E-state index contributed by atoms with van der Waals surface area (Å²) in [5.41, 5.74) is 4.14. The van der Waals surface area contributed by atoms with E-state index in [1.165, 1.54) is 6.42 Å². The summed E-state index contributed by atoms with van der Waals surface area (Å²) < 4.78 is 0. The number of nitrogens with zero attached hydrogens (tertiary/aromatic N) is 1. The van der Waals surface area contributed by atoms with E-state index >= 15 is 0 Å². The van der Waals surface area contributed by atoms with Crippen LogP contribution in [0.15, 0.2) is 29.4 Å². The highest BCUT2D eigenvalue weighted by molar-refractivity contribution is 6.33. The minimum atomic E-state index is -0.245. The Kier molecular flexibility index (Phi) is 6.59. The van der Waals surface area contributed by atoms with E-state index < -0.39 is 0 Å². The number of para-hydroxylation sites is 1. The van der Waals surface area contributed by atoms with Crippen molar-refractivity contribution in [1.29, 1.82) is 0 Å². The average Bonchev–Trinajstić information content (AvgIpc) is 2.53. The monoisotopic (exact) mass is 335 g/mol. The van der Waals surface area contributed by atoms with Crippen molar-refractivity contribution in [1.82, 2.24) is 5.43 Å². The molecule has 0 radical (unpaired) electrons. The normalized spacial score (nSPS) is 19.4. The first-order valence-electron chi connectivity index (χ1n) is 7.93. The van der Waals surface area contributed by atoms with Crippen LogP contribution >= 0.6 is 11.6 Å². The van der Waals surface area contributed by atoms with Crippen molar-refractivity contribution in [2.75, 3.05) is 5.32 Å². The molecule has 1 saturated carbocycles. The van der Waals surface area contributed by atoms with Gasteiger partial charge in [-0.3, -0.25) is 9.59 Å². The molecule has 0 heterocycles. The molecule has 124 valence electrons. The number of benzene rings is 1. The number of hydrogen-bond acceptors (Lipinski definition) is 3. The second kappa shape index (κ2) is 8.67. The van der Waals surface area contributed by atoms with Crippen LogP contribution in [0.25, 0.3) is 0 Å². The lowest BCUT2D eigenvalue weighted by Gasteiger charge is -2.18. The molecule has 1 aromatic carbocycles. The second-order valence-corrected chi connectivity index (χ2v) is 6.35. The molecule has 23 heavy (non-hydrogen) atoms. The van der Waals surface area contributed by atoms with Crippen LogP contribution in [0.3, 0.4) is 0 Å². The van der Waals surface area contributed by atoms with Crippen LogP contribution in [0, 0.1) is 5.92 Å². The van der Waals surface area contributed by atoms with E-state index in [2.05, 4.69) is 22.8 Å². The number of carbonyl (C=O) groups excluding carboxylic acids is 2. The number of amides is 2. The van der Waals surface area contributed by atoms with Crippen LogP contribution in [0.1, 0.15) is 45.4 Å². The molecule has 1 fully saturated rings. The molecule has 1 atom stereocenters. The van der Waals surface area contributed by atoms with Crippen LogP contribution in [-0.4, -0.2) is 17.5 Å². The zero-order valence-electron chi connectivity index (χ0n) is 13.3. The highest BCUT2D eigenvalue weighted by Crippen LogP contribution is 2.21. The third-order valence-electron chi connectivity index (χ3n) is 3.81. The summed E-state index contributed by atoms with van der Waals surface area (Å²) in [7, 11) is 0. The van der Waals surface area contributed by atoms with Crippen molar-refractivity contribution >= 4 is 34.8 Å². The number of carbonyl (C=O) groups is 2. The molecule has 1 unspecified atom stereocenters. The predicted octanol–water partition coefficient (Wildman–Crippen LogP) is 3.74. The topological polar surface area (TPSA) is 70.6 Å². The third-order valence-corrected chi connectivity index (χ3v) is 4.14. The standard InChI is InChI=1S/C17H22ClN3O2/c1-12-5-4-6-13(11-12)20-21-17(23)10-9-16(22)19-15-8-3-2-7-14(15)18/h2-3,7-8,12H,4-6,9-11H2,1H3,(H,19,22)(H,21,23). The maximum Gasteiger partial charge on any atom is 0.240 e. The van der Waals surface area contributed by atoms with Gasteiger partial charge in [0.25, 0.3) is 0 Å². The fraction of sp³-hybridized carbons (Fsp3) is 0.471. The number of hydrazone groups is 1. The minimum absolute atomic E-state index is 0.0955. The quantitative estimate of drug-likeness (QED) is 0.805. The zero-order valence-corrected chi connectivity index (χ0v) is 14.0. The lowest BCUT2D eigenvalue weighted by molar-refractivity contribution is -0.124. The van der Waals surface area contributed by atoms with Gasteiger partial charge in [0.05, 0.1) is 10.7 Å². The molecule has 6 heteroatoms. The van der Waals surface area contributed by atoms with Crippen molar-refractivity contribution < 1.29 is 9.59 Å². The van der Waals surface area contributed by atoms with Gasteiger partial charge in [0.2, 0.25) is 11.8 Å². The Morgan fingerprint density at radius 1 is 1.26 bits per heavy atom.